The average Bonchev–Trinajstić information content (AvgIpc) is 2.65. The molecule has 0 bridgehead atoms. The number of rotatable bonds is 11. The second-order valence-corrected chi connectivity index (χ2v) is 9.48. The molecule has 0 atom stereocenters. The zero-order valence-electron chi connectivity index (χ0n) is 15.5. The molecular weight excluding hydrogens is 424 g/mol. The van der Waals surface area contributed by atoms with E-state index in [-0.39, 0.29) is 25.3 Å². The van der Waals surface area contributed by atoms with Crippen LogP contribution >= 0.6 is 0 Å². The molecule has 0 aliphatic heterocycles. The number of nitro benzene ring substituents is 1. The summed E-state index contributed by atoms with van der Waals surface area (Å²) in [5.41, 5.74) is -0.0410. The Hall–Kier alpha value is -2.54. The molecule has 0 heterocycles. The lowest BCUT2D eigenvalue weighted by Crippen LogP contribution is -2.34. The minimum absolute atomic E-state index is 0.147. The molecule has 12 heteroatoms. The topological polar surface area (TPSA) is 133 Å². The van der Waals surface area contributed by atoms with Gasteiger partial charge in [-0.25, -0.2) is 8.42 Å². The number of hydrogen-bond donors (Lipinski definition) is 0. The van der Waals surface area contributed by atoms with E-state index >= 15 is 0 Å². The van der Waals surface area contributed by atoms with Crippen molar-refractivity contribution >= 4 is 31.5 Å². The largest absolute Gasteiger partial charge is 0.296 e. The van der Waals surface area contributed by atoms with Gasteiger partial charge in [-0.15, -0.1) is 4.47 Å². The Morgan fingerprint density at radius 3 is 2.24 bits per heavy atom. The zero-order valence-corrected chi connectivity index (χ0v) is 17.1. The van der Waals surface area contributed by atoms with Crippen LogP contribution in [0.2, 0.25) is 0 Å². The third kappa shape index (κ3) is 7.09. The molecule has 0 amide bonds. The van der Waals surface area contributed by atoms with Crippen LogP contribution in [0.3, 0.4) is 0 Å². The van der Waals surface area contributed by atoms with Crippen LogP contribution in [-0.4, -0.2) is 40.4 Å². The van der Waals surface area contributed by atoms with Crippen molar-refractivity contribution in [2.45, 2.75) is 13.0 Å². The van der Waals surface area contributed by atoms with Gasteiger partial charge in [-0.05, 0) is 18.1 Å². The molecule has 0 saturated heterocycles. The van der Waals surface area contributed by atoms with Gasteiger partial charge in [0.05, 0.1) is 23.5 Å². The molecule has 0 fully saturated rings. The first-order valence-corrected chi connectivity index (χ1v) is 11.8. The predicted octanol–water partition coefficient (Wildman–Crippen LogP) is 2.23. The van der Waals surface area contributed by atoms with Gasteiger partial charge in [0, 0.05) is 6.07 Å². The zero-order chi connectivity index (χ0) is 21.5. The van der Waals surface area contributed by atoms with Crippen molar-refractivity contribution in [2.75, 3.05) is 23.1 Å². The minimum atomic E-state index is -4.19. The van der Waals surface area contributed by atoms with Crippen LogP contribution in [0.15, 0.2) is 54.6 Å². The summed E-state index contributed by atoms with van der Waals surface area (Å²) in [5, 5.41) is 11.3. The Balaban J connectivity index is 2.27. The number of nitrogens with zero attached hydrogens (tertiary/aromatic N) is 2. The molecule has 0 N–H and O–H groups in total. The summed E-state index contributed by atoms with van der Waals surface area (Å²) in [6.07, 6.45) is 0.700. The van der Waals surface area contributed by atoms with Crippen molar-refractivity contribution < 1.29 is 30.8 Å². The van der Waals surface area contributed by atoms with E-state index in [2.05, 4.69) is 4.18 Å². The smallest absolute Gasteiger partial charge is 0.270 e. The van der Waals surface area contributed by atoms with Crippen LogP contribution in [-0.2, 0) is 35.8 Å². The van der Waals surface area contributed by atoms with Crippen LogP contribution in [0, 0.1) is 10.1 Å². The van der Waals surface area contributed by atoms with E-state index in [0.29, 0.717) is 10.0 Å². The standard InChI is InChI=1S/C17H20N2O8S2/c1-28(22,23)27-12-7-13-29(24,25)19(26-14-15-8-3-2-4-9-15)17-11-6-5-10-16(17)18(20)21/h2-6,8-11H,7,12-14H2,1H3. The van der Waals surface area contributed by atoms with Gasteiger partial charge in [-0.1, -0.05) is 42.5 Å². The lowest BCUT2D eigenvalue weighted by atomic mass is 10.2. The fourth-order valence-electron chi connectivity index (χ4n) is 2.31. The SMILES string of the molecule is CS(=O)(=O)OCCCS(=O)(=O)N(OCc1ccccc1)c1ccccc1[N+](=O)[O-]. The Morgan fingerprint density at radius 1 is 1.00 bits per heavy atom. The van der Waals surface area contributed by atoms with Crippen LogP contribution in [0.4, 0.5) is 11.4 Å². The highest BCUT2D eigenvalue weighted by Crippen LogP contribution is 2.30. The molecule has 29 heavy (non-hydrogen) atoms. The fourth-order valence-corrected chi connectivity index (χ4v) is 4.05. The molecular formula is C17H20N2O8S2. The van der Waals surface area contributed by atoms with Crippen molar-refractivity contribution in [3.05, 3.63) is 70.3 Å². The summed E-state index contributed by atoms with van der Waals surface area (Å²) in [6, 6.07) is 14.0. The maximum atomic E-state index is 12.8. The van der Waals surface area contributed by atoms with Gasteiger partial charge in [-0.2, -0.15) is 8.42 Å². The first-order valence-electron chi connectivity index (χ1n) is 8.38. The summed E-state index contributed by atoms with van der Waals surface area (Å²) in [4.78, 5) is 16.1. The maximum absolute atomic E-state index is 12.8. The summed E-state index contributed by atoms with van der Waals surface area (Å²) in [7, 11) is -7.89. The van der Waals surface area contributed by atoms with Crippen LogP contribution in [0.5, 0.6) is 0 Å². The number of benzene rings is 2. The van der Waals surface area contributed by atoms with Crippen LogP contribution in [0.25, 0.3) is 0 Å². The molecule has 2 aromatic rings. The third-order valence-electron chi connectivity index (χ3n) is 3.56. The molecule has 10 nitrogen and oxygen atoms in total. The van der Waals surface area contributed by atoms with E-state index in [1.807, 2.05) is 0 Å². The van der Waals surface area contributed by atoms with Gasteiger partial charge in [0.2, 0.25) is 0 Å². The summed E-state index contributed by atoms with van der Waals surface area (Å²) < 4.78 is 52.7. The number of para-hydroxylation sites is 2. The van der Waals surface area contributed by atoms with Crippen molar-refractivity contribution in [3.63, 3.8) is 0 Å². The van der Waals surface area contributed by atoms with Gasteiger partial charge in [-0.3, -0.25) is 19.1 Å². The molecule has 158 valence electrons. The summed E-state index contributed by atoms with van der Waals surface area (Å²) in [5.74, 6) is -0.538. The molecule has 0 aliphatic carbocycles. The van der Waals surface area contributed by atoms with E-state index in [1.165, 1.54) is 18.2 Å². The molecule has 0 unspecified atom stereocenters. The summed E-state index contributed by atoms with van der Waals surface area (Å²) in [6.45, 7) is -0.493. The number of anilines is 1. The van der Waals surface area contributed by atoms with Crippen molar-refractivity contribution in [3.8, 4) is 0 Å². The first kappa shape index (κ1) is 22.7. The van der Waals surface area contributed by atoms with Crippen molar-refractivity contribution in [2.24, 2.45) is 0 Å². The number of sulfonamides is 1. The molecule has 2 rings (SSSR count). The first-order chi connectivity index (χ1) is 13.6. The lowest BCUT2D eigenvalue weighted by molar-refractivity contribution is -0.384. The predicted molar refractivity (Wildman–Crippen MR) is 106 cm³/mol. The minimum Gasteiger partial charge on any atom is -0.270 e. The molecule has 0 spiro atoms. The van der Waals surface area contributed by atoms with Crippen molar-refractivity contribution in [1.29, 1.82) is 0 Å². The third-order valence-corrected chi connectivity index (χ3v) is 5.77. The monoisotopic (exact) mass is 444 g/mol. The second kappa shape index (κ2) is 9.78. The number of hydrogen-bond acceptors (Lipinski definition) is 8. The van der Waals surface area contributed by atoms with E-state index in [4.69, 9.17) is 4.84 Å². The van der Waals surface area contributed by atoms with E-state index in [0.717, 1.165) is 12.3 Å². The summed E-state index contributed by atoms with van der Waals surface area (Å²) >= 11 is 0. The van der Waals surface area contributed by atoms with E-state index < -0.39 is 36.5 Å². The van der Waals surface area contributed by atoms with Gasteiger partial charge < -0.3 is 0 Å². The van der Waals surface area contributed by atoms with E-state index in [1.54, 1.807) is 30.3 Å². The van der Waals surface area contributed by atoms with Gasteiger partial charge in [0.25, 0.3) is 25.8 Å². The molecule has 0 radical (unpaired) electrons. The Labute approximate surface area is 169 Å². The Kier molecular flexibility index (Phi) is 7.67. The normalized spacial score (nSPS) is 11.9. The highest BCUT2D eigenvalue weighted by Gasteiger charge is 2.30. The average molecular weight is 444 g/mol. The highest BCUT2D eigenvalue weighted by atomic mass is 32.2. The maximum Gasteiger partial charge on any atom is 0.296 e. The quantitative estimate of drug-likeness (QED) is 0.223. The van der Waals surface area contributed by atoms with E-state index in [9.17, 15) is 26.9 Å². The molecule has 0 aliphatic rings. The lowest BCUT2D eigenvalue weighted by Gasteiger charge is -2.23. The molecule has 2 aromatic carbocycles. The Bertz CT molecular complexity index is 1040. The van der Waals surface area contributed by atoms with Gasteiger partial charge >= 0.3 is 0 Å². The second-order valence-electron chi connectivity index (χ2n) is 5.93. The molecule has 0 saturated carbocycles. The van der Waals surface area contributed by atoms with Crippen LogP contribution < -0.4 is 4.47 Å². The van der Waals surface area contributed by atoms with Gasteiger partial charge in [0.1, 0.15) is 6.61 Å². The van der Waals surface area contributed by atoms with Crippen molar-refractivity contribution in [1.82, 2.24) is 0 Å². The highest BCUT2D eigenvalue weighted by molar-refractivity contribution is 7.92. The van der Waals surface area contributed by atoms with Gasteiger partial charge in [0.15, 0.2) is 5.69 Å². The number of nitro groups is 1. The fraction of sp³-hybridized carbons (Fsp3) is 0.294. The van der Waals surface area contributed by atoms with Crippen LogP contribution in [0.1, 0.15) is 12.0 Å². The Morgan fingerprint density at radius 2 is 1.62 bits per heavy atom. The molecule has 0 aromatic heterocycles.